The van der Waals surface area contributed by atoms with Crippen LogP contribution in [0.3, 0.4) is 0 Å². The number of nitro benzene ring substituents is 1. The Morgan fingerprint density at radius 2 is 1.76 bits per heavy atom. The van der Waals surface area contributed by atoms with E-state index >= 15 is 0 Å². The number of amides is 1. The Kier molecular flexibility index (Phi) is 6.42. The van der Waals surface area contributed by atoms with Crippen molar-refractivity contribution in [2.75, 3.05) is 17.2 Å². The van der Waals surface area contributed by atoms with Crippen LogP contribution in [0, 0.1) is 17.0 Å². The van der Waals surface area contributed by atoms with E-state index in [1.807, 2.05) is 49.4 Å². The molecule has 1 amide bonds. The summed E-state index contributed by atoms with van der Waals surface area (Å²) in [4.78, 5) is 22.3. The summed E-state index contributed by atoms with van der Waals surface area (Å²) >= 11 is 0. The average molecular weight is 391 g/mol. The van der Waals surface area contributed by atoms with Crippen LogP contribution in [0.25, 0.3) is 0 Å². The summed E-state index contributed by atoms with van der Waals surface area (Å²) in [6.07, 6.45) is 0. The number of aryl methyl sites for hydroxylation is 1. The van der Waals surface area contributed by atoms with Gasteiger partial charge in [0.1, 0.15) is 5.75 Å². The van der Waals surface area contributed by atoms with Crippen molar-refractivity contribution in [1.82, 2.24) is 0 Å². The van der Waals surface area contributed by atoms with Gasteiger partial charge >= 0.3 is 0 Å². The lowest BCUT2D eigenvalue weighted by atomic mass is 10.2. The van der Waals surface area contributed by atoms with Crippen LogP contribution in [0.15, 0.2) is 72.8 Å². The van der Waals surface area contributed by atoms with Gasteiger partial charge in [-0.2, -0.15) is 0 Å². The summed E-state index contributed by atoms with van der Waals surface area (Å²) in [5.74, 6) is 0.359. The van der Waals surface area contributed by atoms with E-state index in [1.54, 1.807) is 18.2 Å². The second-order valence-electron chi connectivity index (χ2n) is 6.51. The summed E-state index contributed by atoms with van der Waals surface area (Å²) in [7, 11) is 0. The first-order valence-corrected chi connectivity index (χ1v) is 9.06. The quantitative estimate of drug-likeness (QED) is 0.435. The predicted molar refractivity (Wildman–Crippen MR) is 112 cm³/mol. The van der Waals surface area contributed by atoms with E-state index in [1.165, 1.54) is 12.1 Å². The molecule has 3 aromatic carbocycles. The van der Waals surface area contributed by atoms with Gasteiger partial charge in [-0.3, -0.25) is 14.9 Å². The van der Waals surface area contributed by atoms with Crippen molar-refractivity contribution in [3.63, 3.8) is 0 Å². The van der Waals surface area contributed by atoms with Gasteiger partial charge in [0.2, 0.25) is 0 Å². The summed E-state index contributed by atoms with van der Waals surface area (Å²) < 4.78 is 5.59. The molecule has 0 spiro atoms. The number of non-ortho nitro benzene ring substituents is 1. The molecule has 0 aliphatic heterocycles. The normalized spacial score (nSPS) is 10.2. The highest BCUT2D eigenvalue weighted by Gasteiger charge is 2.06. The highest BCUT2D eigenvalue weighted by molar-refractivity contribution is 5.91. The maximum absolute atomic E-state index is 12.1. The van der Waals surface area contributed by atoms with Gasteiger partial charge in [0.25, 0.3) is 11.6 Å². The molecule has 148 valence electrons. The molecule has 0 saturated carbocycles. The zero-order valence-electron chi connectivity index (χ0n) is 15.9. The number of ether oxygens (including phenoxy) is 1. The SMILES string of the molecule is Cc1cccc(NC(=O)COc2cccc(CNc3ccc([N+](=O)[O-])cc3)c2)c1. The fourth-order valence-corrected chi connectivity index (χ4v) is 2.72. The Balaban J connectivity index is 1.51. The molecule has 0 radical (unpaired) electrons. The van der Waals surface area contributed by atoms with Crippen LogP contribution < -0.4 is 15.4 Å². The molecule has 0 fully saturated rings. The van der Waals surface area contributed by atoms with E-state index in [-0.39, 0.29) is 18.2 Å². The van der Waals surface area contributed by atoms with Crippen LogP contribution in [-0.2, 0) is 11.3 Å². The molecular weight excluding hydrogens is 370 g/mol. The van der Waals surface area contributed by atoms with Crippen molar-refractivity contribution in [3.8, 4) is 5.75 Å². The lowest BCUT2D eigenvalue weighted by Gasteiger charge is -2.10. The van der Waals surface area contributed by atoms with E-state index in [4.69, 9.17) is 4.74 Å². The molecule has 0 saturated heterocycles. The van der Waals surface area contributed by atoms with Gasteiger partial charge in [-0.25, -0.2) is 0 Å². The van der Waals surface area contributed by atoms with Crippen molar-refractivity contribution in [2.45, 2.75) is 13.5 Å². The number of hydrogen-bond acceptors (Lipinski definition) is 5. The van der Waals surface area contributed by atoms with Crippen molar-refractivity contribution in [2.24, 2.45) is 0 Å². The molecule has 3 aromatic rings. The minimum atomic E-state index is -0.431. The molecule has 0 atom stereocenters. The Bertz CT molecular complexity index is 1000. The fraction of sp³-hybridized carbons (Fsp3) is 0.136. The van der Waals surface area contributed by atoms with Gasteiger partial charge in [-0.05, 0) is 54.4 Å². The Morgan fingerprint density at radius 3 is 2.48 bits per heavy atom. The minimum Gasteiger partial charge on any atom is -0.484 e. The van der Waals surface area contributed by atoms with Gasteiger partial charge < -0.3 is 15.4 Å². The molecular formula is C22H21N3O4. The number of carbonyl (C=O) groups is 1. The summed E-state index contributed by atoms with van der Waals surface area (Å²) in [6.45, 7) is 2.39. The van der Waals surface area contributed by atoms with Crippen molar-refractivity contribution >= 4 is 23.0 Å². The number of rotatable bonds is 8. The maximum atomic E-state index is 12.1. The number of hydrogen-bond donors (Lipinski definition) is 2. The first kappa shape index (κ1) is 19.9. The molecule has 0 aliphatic carbocycles. The van der Waals surface area contributed by atoms with E-state index in [2.05, 4.69) is 10.6 Å². The number of benzene rings is 3. The highest BCUT2D eigenvalue weighted by Crippen LogP contribution is 2.18. The zero-order chi connectivity index (χ0) is 20.6. The molecule has 2 N–H and O–H groups in total. The zero-order valence-corrected chi connectivity index (χ0v) is 15.9. The minimum absolute atomic E-state index is 0.0508. The van der Waals surface area contributed by atoms with E-state index in [0.29, 0.717) is 12.3 Å². The third-order valence-electron chi connectivity index (χ3n) is 4.14. The van der Waals surface area contributed by atoms with Crippen molar-refractivity contribution in [3.05, 3.63) is 94.0 Å². The molecule has 7 heteroatoms. The monoisotopic (exact) mass is 391 g/mol. The first-order chi connectivity index (χ1) is 14.0. The molecule has 7 nitrogen and oxygen atoms in total. The predicted octanol–water partition coefficient (Wildman–Crippen LogP) is 4.53. The number of anilines is 2. The number of carbonyl (C=O) groups excluding carboxylic acids is 1. The van der Waals surface area contributed by atoms with Crippen molar-refractivity contribution in [1.29, 1.82) is 0 Å². The van der Waals surface area contributed by atoms with E-state index < -0.39 is 4.92 Å². The van der Waals surface area contributed by atoms with Crippen LogP contribution in [0.4, 0.5) is 17.1 Å². The van der Waals surface area contributed by atoms with Gasteiger partial charge in [0.05, 0.1) is 4.92 Å². The largest absolute Gasteiger partial charge is 0.484 e. The molecule has 0 unspecified atom stereocenters. The van der Waals surface area contributed by atoms with E-state index in [0.717, 1.165) is 22.5 Å². The van der Waals surface area contributed by atoms with Crippen LogP contribution in [0.2, 0.25) is 0 Å². The smallest absolute Gasteiger partial charge is 0.269 e. The van der Waals surface area contributed by atoms with Crippen LogP contribution in [-0.4, -0.2) is 17.4 Å². The third-order valence-corrected chi connectivity index (χ3v) is 4.14. The second-order valence-corrected chi connectivity index (χ2v) is 6.51. The number of nitrogens with zero attached hydrogens (tertiary/aromatic N) is 1. The van der Waals surface area contributed by atoms with Gasteiger partial charge in [0, 0.05) is 30.1 Å². The Hall–Kier alpha value is -3.87. The second kappa shape index (κ2) is 9.36. The van der Waals surface area contributed by atoms with Crippen LogP contribution in [0.5, 0.6) is 5.75 Å². The van der Waals surface area contributed by atoms with Crippen LogP contribution in [0.1, 0.15) is 11.1 Å². The average Bonchev–Trinajstić information content (AvgIpc) is 2.71. The summed E-state index contributed by atoms with van der Waals surface area (Å²) in [5.41, 5.74) is 3.59. The Labute approximate surface area is 168 Å². The Morgan fingerprint density at radius 1 is 1.00 bits per heavy atom. The standard InChI is InChI=1S/C22H21N3O4/c1-16-4-2-6-19(12-16)24-22(26)15-29-21-7-3-5-17(13-21)14-23-18-8-10-20(11-9-18)25(27)28/h2-13,23H,14-15H2,1H3,(H,24,26). The number of nitrogens with one attached hydrogen (secondary N) is 2. The lowest BCUT2D eigenvalue weighted by Crippen LogP contribution is -2.20. The van der Waals surface area contributed by atoms with Gasteiger partial charge in [-0.1, -0.05) is 24.3 Å². The van der Waals surface area contributed by atoms with Crippen LogP contribution >= 0.6 is 0 Å². The number of nitro groups is 1. The van der Waals surface area contributed by atoms with E-state index in [9.17, 15) is 14.9 Å². The van der Waals surface area contributed by atoms with Gasteiger partial charge in [0.15, 0.2) is 6.61 Å². The third kappa shape index (κ3) is 6.07. The highest BCUT2D eigenvalue weighted by atomic mass is 16.6. The van der Waals surface area contributed by atoms with Crippen molar-refractivity contribution < 1.29 is 14.5 Å². The first-order valence-electron chi connectivity index (χ1n) is 9.06. The molecule has 29 heavy (non-hydrogen) atoms. The maximum Gasteiger partial charge on any atom is 0.269 e. The molecule has 0 aliphatic rings. The topological polar surface area (TPSA) is 93.5 Å². The molecule has 3 rings (SSSR count). The lowest BCUT2D eigenvalue weighted by molar-refractivity contribution is -0.384. The fourth-order valence-electron chi connectivity index (χ4n) is 2.72. The molecule has 0 heterocycles. The summed E-state index contributed by atoms with van der Waals surface area (Å²) in [5, 5.41) is 16.7. The van der Waals surface area contributed by atoms with Gasteiger partial charge in [-0.15, -0.1) is 0 Å². The summed E-state index contributed by atoms with van der Waals surface area (Å²) in [6, 6.07) is 21.2. The molecule has 0 aromatic heterocycles. The molecule has 0 bridgehead atoms.